The molecular weight excluding hydrogens is 966 g/mol. The van der Waals surface area contributed by atoms with E-state index in [1.807, 2.05) is 152 Å². The largest absolute Gasteiger partial charge is 0.489 e. The number of hydrogen-bond donors (Lipinski definition) is 1. The minimum atomic E-state index is -0.763. The van der Waals surface area contributed by atoms with Gasteiger partial charge < -0.3 is 33.7 Å². The number of benzene rings is 8. The zero-order valence-corrected chi connectivity index (χ0v) is 41.7. The summed E-state index contributed by atoms with van der Waals surface area (Å²) in [5, 5.41) is 3.08. The molecule has 1 fully saturated rings. The summed E-state index contributed by atoms with van der Waals surface area (Å²) < 4.78 is 37.5. The number of ketones is 1. The first kappa shape index (κ1) is 51.2. The molecule has 1 aliphatic rings. The van der Waals surface area contributed by atoms with Crippen molar-refractivity contribution in [2.24, 2.45) is 5.92 Å². The fraction of sp³-hybridized carbons (Fsp3) is 0.175. The van der Waals surface area contributed by atoms with Gasteiger partial charge in [0.1, 0.15) is 67.7 Å². The molecule has 0 spiro atoms. The number of amides is 1. The molecule has 0 aromatic heterocycles. The quantitative estimate of drug-likeness (QED) is 0.0397. The van der Waals surface area contributed by atoms with E-state index in [2.05, 4.69) is 5.32 Å². The number of ether oxygens (including phenoxy) is 6. The summed E-state index contributed by atoms with van der Waals surface area (Å²) in [4.78, 5) is 58.3. The van der Waals surface area contributed by atoms with E-state index in [4.69, 9.17) is 40.0 Å². The number of carbonyl (C=O) groups is 4. The van der Waals surface area contributed by atoms with E-state index < -0.39 is 29.9 Å². The third kappa shape index (κ3) is 13.7. The standard InChI is InChI=1S/C63H54ClNO10/c64-37-48-33-53(65-61(67)49-29-31-51(32-30-49)70-38-43-17-6-1-7-18-43)55(34-48)75-62(68)50-35-56(72-40-45-21-10-3-11-22-45)59(57(36-50)73-41-46-23-12-4-13-24-46)60(66)58-52(63(69)74-42-47-25-14-5-15-26-47)27-16-28-54(58)71-39-44-19-8-2-9-20-44/h1-32,35-36,48,53,55H,33-34,37-42H2,(H,65,67)/t48-,53+,55+/m0/s1. The Morgan fingerprint density at radius 3 is 1.41 bits per heavy atom. The smallest absolute Gasteiger partial charge is 0.339 e. The van der Waals surface area contributed by atoms with Crippen molar-refractivity contribution in [1.29, 1.82) is 0 Å². The lowest BCUT2D eigenvalue weighted by atomic mass is 9.94. The maximum atomic E-state index is 15.7. The molecule has 12 heteroatoms. The van der Waals surface area contributed by atoms with E-state index in [1.54, 1.807) is 36.4 Å². The number of esters is 2. The molecule has 0 radical (unpaired) electrons. The molecule has 1 amide bonds. The van der Waals surface area contributed by atoms with Crippen molar-refractivity contribution in [1.82, 2.24) is 5.32 Å². The molecule has 0 aliphatic heterocycles. The van der Waals surface area contributed by atoms with Crippen molar-refractivity contribution in [2.75, 3.05) is 5.88 Å². The van der Waals surface area contributed by atoms with Gasteiger partial charge in [-0.15, -0.1) is 11.6 Å². The van der Waals surface area contributed by atoms with Crippen molar-refractivity contribution < 1.29 is 47.6 Å². The van der Waals surface area contributed by atoms with Crippen LogP contribution < -0.4 is 24.3 Å². The minimum absolute atomic E-state index is 0.00978. The van der Waals surface area contributed by atoms with Gasteiger partial charge in [0.05, 0.1) is 22.7 Å². The number of rotatable bonds is 22. The van der Waals surface area contributed by atoms with Crippen molar-refractivity contribution in [3.05, 3.63) is 262 Å². The topological polar surface area (TPSA) is 136 Å². The molecule has 3 atom stereocenters. The van der Waals surface area contributed by atoms with Crippen LogP contribution in [0.3, 0.4) is 0 Å². The second-order valence-corrected chi connectivity index (χ2v) is 18.4. The maximum Gasteiger partial charge on any atom is 0.339 e. The van der Waals surface area contributed by atoms with Gasteiger partial charge in [0.25, 0.3) is 5.91 Å². The predicted octanol–water partition coefficient (Wildman–Crippen LogP) is 12.6. The molecule has 1 N–H and O–H groups in total. The van der Waals surface area contributed by atoms with E-state index in [-0.39, 0.29) is 83.6 Å². The molecule has 0 bridgehead atoms. The van der Waals surface area contributed by atoms with Crippen LogP contribution >= 0.6 is 11.6 Å². The van der Waals surface area contributed by atoms with Gasteiger partial charge in [0.15, 0.2) is 0 Å². The van der Waals surface area contributed by atoms with E-state index in [0.717, 1.165) is 27.8 Å². The summed E-state index contributed by atoms with van der Waals surface area (Å²) in [5.74, 6) is -1.63. The van der Waals surface area contributed by atoms with Gasteiger partial charge in [-0.25, -0.2) is 9.59 Å². The van der Waals surface area contributed by atoms with Crippen LogP contribution in [0.15, 0.2) is 206 Å². The highest BCUT2D eigenvalue weighted by atomic mass is 35.5. The first-order valence-corrected chi connectivity index (χ1v) is 25.2. The molecule has 1 aliphatic carbocycles. The van der Waals surface area contributed by atoms with Crippen LogP contribution in [0.1, 0.15) is 87.7 Å². The monoisotopic (exact) mass is 1020 g/mol. The highest BCUT2D eigenvalue weighted by molar-refractivity contribution is 6.19. The van der Waals surface area contributed by atoms with E-state index in [0.29, 0.717) is 30.8 Å². The Morgan fingerprint density at radius 1 is 0.453 bits per heavy atom. The maximum absolute atomic E-state index is 15.7. The molecule has 8 aromatic rings. The summed E-state index contributed by atoms with van der Waals surface area (Å²) in [6.07, 6.45) is 0.0960. The lowest BCUT2D eigenvalue weighted by Crippen LogP contribution is -2.42. The fourth-order valence-corrected chi connectivity index (χ4v) is 9.01. The molecule has 0 heterocycles. The Morgan fingerprint density at radius 2 is 0.920 bits per heavy atom. The Hall–Kier alpha value is -8.67. The van der Waals surface area contributed by atoms with E-state index in [1.165, 1.54) is 18.2 Å². The third-order valence-corrected chi connectivity index (χ3v) is 13.1. The Labute approximate surface area is 440 Å². The number of hydrogen-bond acceptors (Lipinski definition) is 10. The second-order valence-electron chi connectivity index (χ2n) is 18.1. The van der Waals surface area contributed by atoms with Gasteiger partial charge in [-0.05, 0) is 95.1 Å². The lowest BCUT2D eigenvalue weighted by molar-refractivity contribution is 0.0244. The number of carbonyl (C=O) groups excluding carboxylic acids is 4. The van der Waals surface area contributed by atoms with Crippen LogP contribution in [-0.2, 0) is 42.5 Å². The SMILES string of the molecule is O=C(N[C@@H]1C[C@H](CCl)C[C@H]1OC(=O)c1cc(OCc2ccccc2)c(C(=O)c2c(OCc3ccccc3)cccc2C(=O)OCc2ccccc2)c(OCc2ccccc2)c1)c1ccc(OCc2ccccc2)cc1. The molecule has 0 saturated heterocycles. The first-order chi connectivity index (χ1) is 36.8. The lowest BCUT2D eigenvalue weighted by Gasteiger charge is -2.23. The normalized spacial score (nSPS) is 14.8. The molecule has 0 unspecified atom stereocenters. The molecule has 75 heavy (non-hydrogen) atoms. The Bertz CT molecular complexity index is 3110. The molecule has 11 nitrogen and oxygen atoms in total. The van der Waals surface area contributed by atoms with Gasteiger partial charge in [0.2, 0.25) is 5.78 Å². The van der Waals surface area contributed by atoms with Crippen LogP contribution in [0.2, 0.25) is 0 Å². The third-order valence-electron chi connectivity index (χ3n) is 12.7. The van der Waals surface area contributed by atoms with Crippen molar-refractivity contribution in [3.8, 4) is 23.0 Å². The average molecular weight is 1020 g/mol. The summed E-state index contributed by atoms with van der Waals surface area (Å²) >= 11 is 6.41. The van der Waals surface area contributed by atoms with Crippen LogP contribution in [0.25, 0.3) is 0 Å². The number of nitrogens with one attached hydrogen (secondary N) is 1. The van der Waals surface area contributed by atoms with Crippen LogP contribution in [-0.4, -0.2) is 41.7 Å². The number of alkyl halides is 1. The summed E-state index contributed by atoms with van der Waals surface area (Å²) in [5.41, 5.74) is 4.35. The van der Waals surface area contributed by atoms with Gasteiger partial charge in [-0.3, -0.25) is 9.59 Å². The number of halogens is 1. The second kappa shape index (κ2) is 25.3. The zero-order chi connectivity index (χ0) is 51.8. The molecule has 8 aromatic carbocycles. The highest BCUT2D eigenvalue weighted by Crippen LogP contribution is 2.39. The first-order valence-electron chi connectivity index (χ1n) is 24.7. The Balaban J connectivity index is 1.05. The average Bonchev–Trinajstić information content (AvgIpc) is 3.85. The highest BCUT2D eigenvalue weighted by Gasteiger charge is 2.39. The predicted molar refractivity (Wildman–Crippen MR) is 285 cm³/mol. The van der Waals surface area contributed by atoms with Crippen LogP contribution in [0.4, 0.5) is 0 Å². The summed E-state index contributed by atoms with van der Waals surface area (Å²) in [6.45, 7) is 0.388. The Kier molecular flexibility index (Phi) is 17.3. The zero-order valence-electron chi connectivity index (χ0n) is 41.0. The summed E-state index contributed by atoms with van der Waals surface area (Å²) in [6, 6.07) is 61.0. The van der Waals surface area contributed by atoms with E-state index in [9.17, 15) is 14.4 Å². The van der Waals surface area contributed by atoms with Gasteiger partial charge in [0, 0.05) is 11.4 Å². The molecule has 9 rings (SSSR count). The van der Waals surface area contributed by atoms with Crippen LogP contribution in [0, 0.1) is 5.92 Å². The van der Waals surface area contributed by atoms with E-state index >= 15 is 4.79 Å². The van der Waals surface area contributed by atoms with Crippen molar-refractivity contribution >= 4 is 35.2 Å². The van der Waals surface area contributed by atoms with Crippen molar-refractivity contribution in [3.63, 3.8) is 0 Å². The van der Waals surface area contributed by atoms with Gasteiger partial charge in [-0.1, -0.05) is 158 Å². The molecular formula is C63H54ClNO10. The summed E-state index contributed by atoms with van der Waals surface area (Å²) in [7, 11) is 0. The molecule has 1 saturated carbocycles. The fourth-order valence-electron chi connectivity index (χ4n) is 8.76. The van der Waals surface area contributed by atoms with Crippen molar-refractivity contribution in [2.45, 2.75) is 58.0 Å². The van der Waals surface area contributed by atoms with Gasteiger partial charge in [-0.2, -0.15) is 0 Å². The van der Waals surface area contributed by atoms with Gasteiger partial charge >= 0.3 is 11.9 Å². The van der Waals surface area contributed by atoms with Crippen LogP contribution in [0.5, 0.6) is 23.0 Å². The molecule has 378 valence electrons. The minimum Gasteiger partial charge on any atom is -0.489 e.